The van der Waals surface area contributed by atoms with Crippen LogP contribution in [0.4, 0.5) is 28.4 Å². The highest BCUT2D eigenvalue weighted by Crippen LogP contribution is 2.40. The lowest BCUT2D eigenvalue weighted by Crippen LogP contribution is -2.03. The van der Waals surface area contributed by atoms with Crippen molar-refractivity contribution in [1.29, 1.82) is 0 Å². The van der Waals surface area contributed by atoms with Crippen molar-refractivity contribution in [3.63, 3.8) is 0 Å². The highest BCUT2D eigenvalue weighted by molar-refractivity contribution is 5.81. The molecule has 23 heavy (non-hydrogen) atoms. The zero-order chi connectivity index (χ0) is 17.1. The van der Waals surface area contributed by atoms with E-state index in [1.807, 2.05) is 0 Å². The van der Waals surface area contributed by atoms with Gasteiger partial charge in [-0.2, -0.15) is 0 Å². The van der Waals surface area contributed by atoms with E-state index in [2.05, 4.69) is 5.32 Å². The SMILES string of the molecule is Cc1cccc(Nc2c([N+](=O)[O-])cc([N+](=O)[O-])cc2[N+](=O)[O-])c1. The van der Waals surface area contributed by atoms with Crippen molar-refractivity contribution in [2.45, 2.75) is 6.92 Å². The van der Waals surface area contributed by atoms with E-state index in [1.54, 1.807) is 31.2 Å². The van der Waals surface area contributed by atoms with Gasteiger partial charge >= 0.3 is 11.4 Å². The van der Waals surface area contributed by atoms with Crippen LogP contribution in [-0.2, 0) is 0 Å². The fourth-order valence-electron chi connectivity index (χ4n) is 1.99. The Kier molecular flexibility index (Phi) is 4.16. The summed E-state index contributed by atoms with van der Waals surface area (Å²) < 4.78 is 0. The van der Waals surface area contributed by atoms with E-state index < -0.39 is 37.5 Å². The number of hydrogen-bond acceptors (Lipinski definition) is 7. The maximum atomic E-state index is 11.1. The van der Waals surface area contributed by atoms with Gasteiger partial charge in [0.25, 0.3) is 5.69 Å². The number of aryl methyl sites for hydroxylation is 1. The summed E-state index contributed by atoms with van der Waals surface area (Å²) in [6.07, 6.45) is 0. The third kappa shape index (κ3) is 3.37. The molecule has 0 bridgehead atoms. The van der Waals surface area contributed by atoms with Crippen LogP contribution in [0.1, 0.15) is 5.56 Å². The summed E-state index contributed by atoms with van der Waals surface area (Å²) in [5.41, 5.74) is -1.39. The van der Waals surface area contributed by atoms with Gasteiger partial charge in [-0.3, -0.25) is 30.3 Å². The first-order valence-electron chi connectivity index (χ1n) is 6.24. The minimum absolute atomic E-state index is 0.394. The van der Waals surface area contributed by atoms with E-state index in [0.717, 1.165) is 5.56 Å². The van der Waals surface area contributed by atoms with E-state index in [4.69, 9.17) is 0 Å². The molecule has 1 N–H and O–H groups in total. The molecule has 2 rings (SSSR count). The molecular weight excluding hydrogens is 308 g/mol. The Balaban J connectivity index is 2.66. The van der Waals surface area contributed by atoms with Crippen molar-refractivity contribution >= 4 is 28.4 Å². The third-order valence-electron chi connectivity index (χ3n) is 2.97. The minimum Gasteiger partial charge on any atom is -0.344 e. The van der Waals surface area contributed by atoms with Gasteiger partial charge in [-0.05, 0) is 24.6 Å². The number of hydrogen-bond donors (Lipinski definition) is 1. The standard InChI is InChI=1S/C13H10N4O6/c1-8-3-2-4-9(5-8)14-13-11(16(20)21)6-10(15(18)19)7-12(13)17(22)23/h2-7,14H,1H3. The molecule has 10 nitrogen and oxygen atoms in total. The molecule has 0 saturated heterocycles. The van der Waals surface area contributed by atoms with E-state index >= 15 is 0 Å². The molecule has 0 aliphatic carbocycles. The number of non-ortho nitro benzene ring substituents is 1. The number of nitrogens with zero attached hydrogens (tertiary/aromatic N) is 3. The van der Waals surface area contributed by atoms with Gasteiger partial charge in [0, 0.05) is 5.69 Å². The maximum Gasteiger partial charge on any atom is 0.306 e. The molecule has 0 amide bonds. The predicted molar refractivity (Wildman–Crippen MR) is 80.9 cm³/mol. The first-order chi connectivity index (χ1) is 10.8. The Morgan fingerprint density at radius 1 is 0.870 bits per heavy atom. The largest absolute Gasteiger partial charge is 0.344 e. The van der Waals surface area contributed by atoms with Crippen LogP contribution in [0.25, 0.3) is 0 Å². The molecule has 10 heteroatoms. The second kappa shape index (κ2) is 6.05. The van der Waals surface area contributed by atoms with Crippen molar-refractivity contribution in [3.05, 3.63) is 72.3 Å². The number of nitrogens with one attached hydrogen (secondary N) is 1. The quantitative estimate of drug-likeness (QED) is 0.657. The van der Waals surface area contributed by atoms with Gasteiger partial charge in [0.2, 0.25) is 0 Å². The van der Waals surface area contributed by atoms with Crippen molar-refractivity contribution in [3.8, 4) is 0 Å². The van der Waals surface area contributed by atoms with Crippen LogP contribution < -0.4 is 5.32 Å². The van der Waals surface area contributed by atoms with Gasteiger partial charge in [0.1, 0.15) is 0 Å². The molecular formula is C13H10N4O6. The molecule has 2 aromatic carbocycles. The van der Waals surface area contributed by atoms with Gasteiger partial charge in [-0.1, -0.05) is 12.1 Å². The monoisotopic (exact) mass is 318 g/mol. The summed E-state index contributed by atoms with van der Waals surface area (Å²) in [5.74, 6) is 0. The van der Waals surface area contributed by atoms with Crippen molar-refractivity contribution < 1.29 is 14.8 Å². The second-order valence-electron chi connectivity index (χ2n) is 4.62. The lowest BCUT2D eigenvalue weighted by molar-refractivity contribution is -0.401. The fourth-order valence-corrected chi connectivity index (χ4v) is 1.99. The highest BCUT2D eigenvalue weighted by atomic mass is 16.6. The third-order valence-corrected chi connectivity index (χ3v) is 2.97. The minimum atomic E-state index is -0.920. The van der Waals surface area contributed by atoms with Gasteiger partial charge < -0.3 is 5.32 Å². The molecule has 0 heterocycles. The second-order valence-corrected chi connectivity index (χ2v) is 4.62. The number of nitro groups is 3. The van der Waals surface area contributed by atoms with Crippen LogP contribution in [0.3, 0.4) is 0 Å². The van der Waals surface area contributed by atoms with Gasteiger partial charge in [0.15, 0.2) is 5.69 Å². The molecule has 0 radical (unpaired) electrons. The summed E-state index contributed by atoms with van der Waals surface area (Å²) in [6.45, 7) is 1.78. The lowest BCUT2D eigenvalue weighted by atomic mass is 10.1. The Bertz CT molecular complexity index is 785. The molecule has 0 aromatic heterocycles. The Labute approximate surface area is 128 Å². The van der Waals surface area contributed by atoms with Gasteiger partial charge in [-0.15, -0.1) is 0 Å². The molecule has 0 aliphatic rings. The lowest BCUT2D eigenvalue weighted by Gasteiger charge is -2.08. The Hall–Kier alpha value is -3.56. The molecule has 2 aromatic rings. The number of benzene rings is 2. The molecule has 0 fully saturated rings. The summed E-state index contributed by atoms with van der Waals surface area (Å²) in [7, 11) is 0. The van der Waals surface area contributed by atoms with Crippen molar-refractivity contribution in [2.75, 3.05) is 5.32 Å². The normalized spacial score (nSPS) is 10.1. The van der Waals surface area contributed by atoms with Crippen LogP contribution in [-0.4, -0.2) is 14.8 Å². The molecule has 118 valence electrons. The zero-order valence-corrected chi connectivity index (χ0v) is 11.8. The Morgan fingerprint density at radius 2 is 1.43 bits per heavy atom. The molecule has 0 atom stereocenters. The van der Waals surface area contributed by atoms with E-state index in [-0.39, 0.29) is 0 Å². The average Bonchev–Trinajstić information content (AvgIpc) is 2.46. The summed E-state index contributed by atoms with van der Waals surface area (Å²) in [6, 6.07) is 8.03. The molecule has 0 unspecified atom stereocenters. The zero-order valence-electron chi connectivity index (χ0n) is 11.8. The number of nitro benzene ring substituents is 3. The number of rotatable bonds is 5. The average molecular weight is 318 g/mol. The molecule has 0 saturated carbocycles. The predicted octanol–water partition coefficient (Wildman–Crippen LogP) is 3.46. The van der Waals surface area contributed by atoms with Crippen LogP contribution >= 0.6 is 0 Å². The topological polar surface area (TPSA) is 141 Å². The van der Waals surface area contributed by atoms with E-state index in [9.17, 15) is 30.3 Å². The fraction of sp³-hybridized carbons (Fsp3) is 0.0769. The highest BCUT2D eigenvalue weighted by Gasteiger charge is 2.30. The molecule has 0 spiro atoms. The Morgan fingerprint density at radius 3 is 1.87 bits per heavy atom. The number of anilines is 2. The van der Waals surface area contributed by atoms with E-state index in [1.165, 1.54) is 0 Å². The van der Waals surface area contributed by atoms with Crippen molar-refractivity contribution in [1.82, 2.24) is 0 Å². The van der Waals surface area contributed by atoms with Crippen molar-refractivity contribution in [2.24, 2.45) is 0 Å². The van der Waals surface area contributed by atoms with Crippen LogP contribution in [0.15, 0.2) is 36.4 Å². The van der Waals surface area contributed by atoms with Gasteiger partial charge in [-0.25, -0.2) is 0 Å². The first-order valence-corrected chi connectivity index (χ1v) is 6.24. The summed E-state index contributed by atoms with van der Waals surface area (Å²) in [5, 5.41) is 35.7. The molecule has 0 aliphatic heterocycles. The maximum absolute atomic E-state index is 11.1. The smallest absolute Gasteiger partial charge is 0.306 e. The summed E-state index contributed by atoms with van der Waals surface area (Å²) >= 11 is 0. The van der Waals surface area contributed by atoms with E-state index in [0.29, 0.717) is 17.8 Å². The van der Waals surface area contributed by atoms with Crippen LogP contribution in [0.5, 0.6) is 0 Å². The summed E-state index contributed by atoms with van der Waals surface area (Å²) in [4.78, 5) is 30.4. The van der Waals surface area contributed by atoms with Gasteiger partial charge in [0.05, 0.1) is 26.9 Å². The van der Waals surface area contributed by atoms with Crippen LogP contribution in [0, 0.1) is 37.3 Å². The van der Waals surface area contributed by atoms with Crippen LogP contribution in [0.2, 0.25) is 0 Å². The first kappa shape index (κ1) is 15.8.